The number of rotatable bonds is 3. The summed E-state index contributed by atoms with van der Waals surface area (Å²) >= 11 is 0. The van der Waals surface area contributed by atoms with Gasteiger partial charge in [-0.15, -0.1) is 0 Å². The van der Waals surface area contributed by atoms with Gasteiger partial charge in [0.25, 0.3) is 0 Å². The summed E-state index contributed by atoms with van der Waals surface area (Å²) in [6.07, 6.45) is 10.6. The first-order chi connectivity index (χ1) is 11.1. The van der Waals surface area contributed by atoms with E-state index in [4.69, 9.17) is 4.74 Å². The normalized spacial score (nSPS) is 30.7. The van der Waals surface area contributed by atoms with E-state index in [1.807, 2.05) is 18.2 Å². The highest BCUT2D eigenvalue weighted by Gasteiger charge is 2.29. The van der Waals surface area contributed by atoms with Crippen molar-refractivity contribution in [3.05, 3.63) is 42.2 Å². The summed E-state index contributed by atoms with van der Waals surface area (Å²) in [6, 6.07) is 5.89. The first kappa shape index (κ1) is 16.0. The average molecular weight is 315 g/mol. The number of allylic oxidation sites excluding steroid dienone is 1. The van der Waals surface area contributed by atoms with Gasteiger partial charge in [-0.2, -0.15) is 0 Å². The summed E-state index contributed by atoms with van der Waals surface area (Å²) < 4.78 is 5.80. The third-order valence-electron chi connectivity index (χ3n) is 4.65. The van der Waals surface area contributed by atoms with Crippen LogP contribution >= 0.6 is 0 Å². The van der Waals surface area contributed by atoms with Crippen molar-refractivity contribution in [3.63, 3.8) is 0 Å². The van der Waals surface area contributed by atoms with Crippen LogP contribution < -0.4 is 10.6 Å². The molecule has 1 aliphatic heterocycles. The molecule has 1 saturated heterocycles. The molecule has 1 aromatic rings. The van der Waals surface area contributed by atoms with Gasteiger partial charge in [0.2, 0.25) is 0 Å². The molecule has 2 N–H and O–H groups in total. The third-order valence-corrected chi connectivity index (χ3v) is 4.65. The number of amides is 2. The third kappa shape index (κ3) is 4.32. The maximum atomic E-state index is 12.3. The van der Waals surface area contributed by atoms with E-state index in [2.05, 4.69) is 34.7 Å². The molecule has 5 nitrogen and oxygen atoms in total. The number of hydrogen-bond acceptors (Lipinski definition) is 3. The molecule has 0 bridgehead atoms. The van der Waals surface area contributed by atoms with E-state index in [9.17, 15) is 4.79 Å². The Morgan fingerprint density at radius 1 is 1.39 bits per heavy atom. The molecule has 2 heterocycles. The molecule has 3 atom stereocenters. The Labute approximate surface area is 137 Å². The van der Waals surface area contributed by atoms with Crippen molar-refractivity contribution in [1.29, 1.82) is 0 Å². The monoisotopic (exact) mass is 315 g/mol. The molecule has 0 saturated carbocycles. The minimum Gasteiger partial charge on any atom is -0.372 e. The lowest BCUT2D eigenvalue weighted by Crippen LogP contribution is -2.53. The lowest BCUT2D eigenvalue weighted by molar-refractivity contribution is -0.000370. The molecular weight excluding hydrogens is 290 g/mol. The summed E-state index contributed by atoms with van der Waals surface area (Å²) in [7, 11) is 0. The molecule has 0 spiro atoms. The quantitative estimate of drug-likeness (QED) is 0.843. The average Bonchev–Trinajstić information content (AvgIpc) is 2.56. The van der Waals surface area contributed by atoms with Crippen LogP contribution in [0.1, 0.15) is 50.8 Å². The van der Waals surface area contributed by atoms with Gasteiger partial charge in [-0.05, 0) is 51.2 Å². The molecule has 1 aliphatic carbocycles. The Morgan fingerprint density at radius 2 is 2.30 bits per heavy atom. The van der Waals surface area contributed by atoms with Crippen LogP contribution in [-0.2, 0) is 4.74 Å². The highest BCUT2D eigenvalue weighted by atomic mass is 16.5. The largest absolute Gasteiger partial charge is 0.372 e. The second-order valence-electron chi connectivity index (χ2n) is 6.71. The number of hydrogen-bond donors (Lipinski definition) is 2. The molecule has 23 heavy (non-hydrogen) atoms. The van der Waals surface area contributed by atoms with E-state index in [0.29, 0.717) is 6.61 Å². The Hall–Kier alpha value is -1.88. The van der Waals surface area contributed by atoms with E-state index in [1.165, 1.54) is 0 Å². The lowest BCUT2D eigenvalue weighted by atomic mass is 9.88. The van der Waals surface area contributed by atoms with Crippen LogP contribution in [0.25, 0.3) is 0 Å². The van der Waals surface area contributed by atoms with Gasteiger partial charge in [0.05, 0.1) is 5.69 Å². The Morgan fingerprint density at radius 3 is 3.04 bits per heavy atom. The summed E-state index contributed by atoms with van der Waals surface area (Å²) in [6.45, 7) is 2.75. The number of pyridine rings is 1. The number of nitrogens with zero attached hydrogens (tertiary/aromatic N) is 1. The SMILES string of the molecule is CC1(NC(=O)N[C@@H]2CCO[C@@H](c3ccccn3)C2)CC=CCC1. The minimum atomic E-state index is -0.135. The minimum absolute atomic E-state index is 0.0385. The van der Waals surface area contributed by atoms with E-state index >= 15 is 0 Å². The Bertz CT molecular complexity index is 561. The van der Waals surface area contributed by atoms with E-state index < -0.39 is 0 Å². The van der Waals surface area contributed by atoms with Crippen LogP contribution in [0.4, 0.5) is 4.79 Å². The first-order valence-corrected chi connectivity index (χ1v) is 8.41. The second-order valence-corrected chi connectivity index (χ2v) is 6.71. The number of nitrogens with one attached hydrogen (secondary N) is 2. The fourth-order valence-corrected chi connectivity index (χ4v) is 3.27. The fraction of sp³-hybridized carbons (Fsp3) is 0.556. The van der Waals surface area contributed by atoms with Gasteiger partial charge in [-0.25, -0.2) is 4.79 Å². The van der Waals surface area contributed by atoms with Crippen LogP contribution in [0.5, 0.6) is 0 Å². The molecule has 2 aliphatic rings. The van der Waals surface area contributed by atoms with E-state index in [0.717, 1.165) is 37.8 Å². The van der Waals surface area contributed by atoms with Crippen molar-refractivity contribution < 1.29 is 9.53 Å². The van der Waals surface area contributed by atoms with Crippen LogP contribution in [0, 0.1) is 0 Å². The topological polar surface area (TPSA) is 63.2 Å². The molecule has 0 radical (unpaired) electrons. The van der Waals surface area contributed by atoms with Gasteiger partial charge in [0.15, 0.2) is 0 Å². The maximum absolute atomic E-state index is 12.3. The molecule has 0 aromatic carbocycles. The fourth-order valence-electron chi connectivity index (χ4n) is 3.27. The number of aromatic nitrogens is 1. The highest BCUT2D eigenvalue weighted by Crippen LogP contribution is 2.27. The zero-order valence-corrected chi connectivity index (χ0v) is 13.6. The molecular formula is C18H25N3O2. The van der Waals surface area contributed by atoms with Gasteiger partial charge < -0.3 is 15.4 Å². The van der Waals surface area contributed by atoms with Crippen molar-refractivity contribution >= 4 is 6.03 Å². The zero-order valence-electron chi connectivity index (χ0n) is 13.6. The van der Waals surface area contributed by atoms with Crippen LogP contribution in [0.3, 0.4) is 0 Å². The number of carbonyl (C=O) groups excluding carboxylic acids is 1. The first-order valence-electron chi connectivity index (χ1n) is 8.41. The predicted molar refractivity (Wildman–Crippen MR) is 89.0 cm³/mol. The smallest absolute Gasteiger partial charge is 0.315 e. The highest BCUT2D eigenvalue weighted by molar-refractivity contribution is 5.75. The maximum Gasteiger partial charge on any atom is 0.315 e. The molecule has 1 aromatic heterocycles. The second kappa shape index (κ2) is 7.13. The van der Waals surface area contributed by atoms with Gasteiger partial charge in [-0.3, -0.25) is 4.98 Å². The summed E-state index contributed by atoms with van der Waals surface area (Å²) in [5, 5.41) is 6.25. The number of carbonyl (C=O) groups is 1. The van der Waals surface area contributed by atoms with E-state index in [-0.39, 0.29) is 23.7 Å². The van der Waals surface area contributed by atoms with Crippen molar-refractivity contribution in [2.24, 2.45) is 0 Å². The van der Waals surface area contributed by atoms with Crippen molar-refractivity contribution in [2.45, 2.75) is 56.7 Å². The molecule has 1 fully saturated rings. The van der Waals surface area contributed by atoms with Crippen LogP contribution in [-0.4, -0.2) is 29.2 Å². The lowest BCUT2D eigenvalue weighted by Gasteiger charge is -2.34. The molecule has 2 amide bonds. The number of ether oxygens (including phenoxy) is 1. The van der Waals surface area contributed by atoms with Crippen LogP contribution in [0.15, 0.2) is 36.5 Å². The Balaban J connectivity index is 1.53. The summed E-state index contributed by atoms with van der Waals surface area (Å²) in [4.78, 5) is 16.7. The predicted octanol–water partition coefficient (Wildman–Crippen LogP) is 3.10. The molecule has 1 unspecified atom stereocenters. The zero-order chi connectivity index (χ0) is 16.1. The molecule has 3 rings (SSSR count). The number of urea groups is 1. The van der Waals surface area contributed by atoms with Gasteiger partial charge in [-0.1, -0.05) is 18.2 Å². The molecule has 124 valence electrons. The standard InChI is InChI=1S/C18H25N3O2/c1-18(9-4-2-5-10-18)21-17(22)20-14-8-12-23-16(13-14)15-7-3-6-11-19-15/h2-4,6-7,11,14,16H,5,8-10,12-13H2,1H3,(H2,20,21,22)/t14-,16-,18?/m1/s1. The van der Waals surface area contributed by atoms with Crippen molar-refractivity contribution in [1.82, 2.24) is 15.6 Å². The van der Waals surface area contributed by atoms with Crippen molar-refractivity contribution in [3.8, 4) is 0 Å². The van der Waals surface area contributed by atoms with Crippen molar-refractivity contribution in [2.75, 3.05) is 6.61 Å². The van der Waals surface area contributed by atoms with Gasteiger partial charge in [0.1, 0.15) is 6.10 Å². The summed E-state index contributed by atoms with van der Waals surface area (Å²) in [5.41, 5.74) is 0.800. The molecule has 5 heteroatoms. The van der Waals surface area contributed by atoms with Crippen LogP contribution in [0.2, 0.25) is 0 Å². The van der Waals surface area contributed by atoms with Gasteiger partial charge in [0, 0.05) is 24.4 Å². The van der Waals surface area contributed by atoms with E-state index in [1.54, 1.807) is 6.20 Å². The summed E-state index contributed by atoms with van der Waals surface area (Å²) in [5.74, 6) is 0. The Kier molecular flexibility index (Phi) is 4.96. The van der Waals surface area contributed by atoms with Gasteiger partial charge >= 0.3 is 6.03 Å².